The highest BCUT2D eigenvalue weighted by molar-refractivity contribution is 7.10. The van der Waals surface area contributed by atoms with E-state index in [1.54, 1.807) is 0 Å². The number of hydrogen-bond donors (Lipinski definition) is 1. The fourth-order valence-electron chi connectivity index (χ4n) is 3.65. The summed E-state index contributed by atoms with van der Waals surface area (Å²) in [6.45, 7) is 14.4. The third-order valence-electron chi connectivity index (χ3n) is 5.08. The van der Waals surface area contributed by atoms with Gasteiger partial charge in [-0.15, -0.1) is 11.3 Å². The molecule has 0 amide bonds. The summed E-state index contributed by atoms with van der Waals surface area (Å²) in [4.78, 5) is 11.4. The molecule has 0 radical (unpaired) electrons. The Balaban J connectivity index is 1.73. The molecule has 1 aromatic heterocycles. The largest absolute Gasteiger partial charge is 0.379 e. The van der Waals surface area contributed by atoms with Gasteiger partial charge in [0, 0.05) is 37.6 Å². The molecule has 140 valence electrons. The first-order chi connectivity index (χ1) is 12.1. The Morgan fingerprint density at radius 2 is 2.16 bits per heavy atom. The maximum absolute atomic E-state index is 5.54. The molecule has 2 aliphatic heterocycles. The van der Waals surface area contributed by atoms with Crippen LogP contribution >= 0.6 is 11.3 Å². The number of aliphatic imine (C=N–C) groups is 1. The predicted molar refractivity (Wildman–Crippen MR) is 105 cm³/mol. The number of rotatable bonds is 5. The third-order valence-corrected chi connectivity index (χ3v) is 6.06. The summed E-state index contributed by atoms with van der Waals surface area (Å²) in [5.41, 5.74) is 0.382. The highest BCUT2D eigenvalue weighted by atomic mass is 32.1. The van der Waals surface area contributed by atoms with E-state index in [1.165, 1.54) is 11.3 Å². The standard InChI is InChI=1S/C19H32N4OS/c1-4-20-18(23-8-7-19(2,3)15-23)21-14-16(17-6-5-13-25-17)22-9-11-24-12-10-22/h5-6,13,16H,4,7-12,14-15H2,1-3H3,(H,20,21). The van der Waals surface area contributed by atoms with Gasteiger partial charge in [-0.2, -0.15) is 0 Å². The Morgan fingerprint density at radius 3 is 2.76 bits per heavy atom. The third kappa shape index (κ3) is 4.96. The molecule has 0 aliphatic carbocycles. The number of nitrogens with one attached hydrogen (secondary N) is 1. The van der Waals surface area contributed by atoms with Gasteiger partial charge in [0.1, 0.15) is 0 Å². The molecule has 0 bridgehead atoms. The number of morpholine rings is 1. The minimum Gasteiger partial charge on any atom is -0.379 e. The van der Waals surface area contributed by atoms with E-state index in [2.05, 4.69) is 53.4 Å². The second kappa shape index (κ2) is 8.52. The van der Waals surface area contributed by atoms with Gasteiger partial charge in [-0.05, 0) is 30.2 Å². The molecule has 3 rings (SSSR count). The van der Waals surface area contributed by atoms with Gasteiger partial charge in [0.2, 0.25) is 0 Å². The van der Waals surface area contributed by atoms with Crippen LogP contribution in [0, 0.1) is 5.41 Å². The molecule has 2 aliphatic rings. The van der Waals surface area contributed by atoms with E-state index in [-0.39, 0.29) is 0 Å². The lowest BCUT2D eigenvalue weighted by Crippen LogP contribution is -2.43. The Bertz CT molecular complexity index is 552. The molecular formula is C19H32N4OS. The van der Waals surface area contributed by atoms with Crippen LogP contribution in [-0.2, 0) is 4.74 Å². The molecule has 0 spiro atoms. The van der Waals surface area contributed by atoms with Crippen molar-refractivity contribution < 1.29 is 4.74 Å². The van der Waals surface area contributed by atoms with Crippen molar-refractivity contribution in [2.75, 3.05) is 52.5 Å². The van der Waals surface area contributed by atoms with Crippen LogP contribution in [0.1, 0.15) is 38.1 Å². The topological polar surface area (TPSA) is 40.1 Å². The zero-order valence-corrected chi connectivity index (χ0v) is 16.6. The highest BCUT2D eigenvalue weighted by Gasteiger charge is 2.31. The van der Waals surface area contributed by atoms with Crippen molar-refractivity contribution >= 4 is 17.3 Å². The van der Waals surface area contributed by atoms with E-state index >= 15 is 0 Å². The smallest absolute Gasteiger partial charge is 0.194 e. The number of thiophene rings is 1. The zero-order chi connectivity index (χ0) is 17.7. The van der Waals surface area contributed by atoms with Crippen LogP contribution in [0.5, 0.6) is 0 Å². The molecule has 2 saturated heterocycles. The fraction of sp³-hybridized carbons (Fsp3) is 0.737. The van der Waals surface area contributed by atoms with E-state index < -0.39 is 0 Å². The van der Waals surface area contributed by atoms with Crippen molar-refractivity contribution in [1.82, 2.24) is 15.1 Å². The molecule has 5 nitrogen and oxygen atoms in total. The second-order valence-corrected chi connectivity index (χ2v) is 8.69. The van der Waals surface area contributed by atoms with Gasteiger partial charge in [0.05, 0.1) is 25.8 Å². The Hall–Kier alpha value is -1.11. The van der Waals surface area contributed by atoms with Crippen LogP contribution in [0.15, 0.2) is 22.5 Å². The van der Waals surface area contributed by atoms with E-state index in [9.17, 15) is 0 Å². The lowest BCUT2D eigenvalue weighted by Gasteiger charge is -2.33. The molecule has 3 heterocycles. The summed E-state index contributed by atoms with van der Waals surface area (Å²) >= 11 is 1.84. The molecule has 1 unspecified atom stereocenters. The van der Waals surface area contributed by atoms with E-state index in [1.807, 2.05) is 11.3 Å². The van der Waals surface area contributed by atoms with Crippen LogP contribution < -0.4 is 5.32 Å². The maximum atomic E-state index is 5.54. The van der Waals surface area contributed by atoms with Crippen LogP contribution in [-0.4, -0.2) is 68.2 Å². The van der Waals surface area contributed by atoms with Crippen molar-refractivity contribution in [3.63, 3.8) is 0 Å². The number of likely N-dealkylation sites (tertiary alicyclic amines) is 1. The van der Waals surface area contributed by atoms with Gasteiger partial charge in [-0.3, -0.25) is 9.89 Å². The van der Waals surface area contributed by atoms with Crippen LogP contribution in [0.2, 0.25) is 0 Å². The summed E-state index contributed by atoms with van der Waals surface area (Å²) in [5, 5.41) is 5.67. The van der Waals surface area contributed by atoms with Gasteiger partial charge >= 0.3 is 0 Å². The molecule has 1 atom stereocenters. The monoisotopic (exact) mass is 364 g/mol. The summed E-state index contributed by atoms with van der Waals surface area (Å²) in [6, 6.07) is 4.74. The average Bonchev–Trinajstić information content (AvgIpc) is 3.25. The van der Waals surface area contributed by atoms with E-state index in [0.29, 0.717) is 11.5 Å². The summed E-state index contributed by atoms with van der Waals surface area (Å²) < 4.78 is 5.54. The van der Waals surface area contributed by atoms with Crippen molar-refractivity contribution in [2.45, 2.75) is 33.2 Å². The Kier molecular flexibility index (Phi) is 6.36. The van der Waals surface area contributed by atoms with Crippen molar-refractivity contribution in [2.24, 2.45) is 10.4 Å². The van der Waals surface area contributed by atoms with Gasteiger partial charge in [0.25, 0.3) is 0 Å². The summed E-state index contributed by atoms with van der Waals surface area (Å²) in [7, 11) is 0. The van der Waals surface area contributed by atoms with E-state index in [4.69, 9.17) is 9.73 Å². The first-order valence-corrected chi connectivity index (χ1v) is 10.4. The minimum atomic E-state index is 0.355. The number of ether oxygens (including phenoxy) is 1. The summed E-state index contributed by atoms with van der Waals surface area (Å²) in [6.07, 6.45) is 1.23. The molecule has 25 heavy (non-hydrogen) atoms. The first-order valence-electron chi connectivity index (χ1n) is 9.47. The van der Waals surface area contributed by atoms with Crippen LogP contribution in [0.4, 0.5) is 0 Å². The predicted octanol–water partition coefficient (Wildman–Crippen LogP) is 2.82. The van der Waals surface area contributed by atoms with Crippen molar-refractivity contribution in [3.8, 4) is 0 Å². The van der Waals surface area contributed by atoms with Gasteiger partial charge in [0.15, 0.2) is 5.96 Å². The number of hydrogen-bond acceptors (Lipinski definition) is 4. The van der Waals surface area contributed by atoms with Gasteiger partial charge < -0.3 is 15.0 Å². The quantitative estimate of drug-likeness (QED) is 0.644. The van der Waals surface area contributed by atoms with Crippen molar-refractivity contribution in [1.29, 1.82) is 0 Å². The van der Waals surface area contributed by atoms with Crippen molar-refractivity contribution in [3.05, 3.63) is 22.4 Å². The van der Waals surface area contributed by atoms with Gasteiger partial charge in [-0.25, -0.2) is 0 Å². The van der Waals surface area contributed by atoms with Crippen LogP contribution in [0.3, 0.4) is 0 Å². The highest BCUT2D eigenvalue weighted by Crippen LogP contribution is 2.29. The Labute approximate surface area is 156 Å². The average molecular weight is 365 g/mol. The molecular weight excluding hydrogens is 332 g/mol. The molecule has 2 fully saturated rings. The number of guanidine groups is 1. The zero-order valence-electron chi connectivity index (χ0n) is 15.8. The molecule has 1 N–H and O–H groups in total. The molecule has 1 aromatic rings. The molecule has 6 heteroatoms. The van der Waals surface area contributed by atoms with E-state index in [0.717, 1.165) is 58.4 Å². The minimum absolute atomic E-state index is 0.355. The Morgan fingerprint density at radius 1 is 1.36 bits per heavy atom. The number of nitrogens with zero attached hydrogens (tertiary/aromatic N) is 3. The second-order valence-electron chi connectivity index (χ2n) is 7.71. The van der Waals surface area contributed by atoms with Crippen LogP contribution in [0.25, 0.3) is 0 Å². The summed E-state index contributed by atoms with van der Waals surface area (Å²) in [5.74, 6) is 1.07. The molecule has 0 saturated carbocycles. The molecule has 0 aromatic carbocycles. The fourth-order valence-corrected chi connectivity index (χ4v) is 4.50. The SMILES string of the molecule is CCNC(=NCC(c1cccs1)N1CCOCC1)N1CCC(C)(C)C1. The first kappa shape index (κ1) is 18.7. The lowest BCUT2D eigenvalue weighted by atomic mass is 9.93. The van der Waals surface area contributed by atoms with Gasteiger partial charge in [-0.1, -0.05) is 19.9 Å². The lowest BCUT2D eigenvalue weighted by molar-refractivity contribution is 0.0186. The maximum Gasteiger partial charge on any atom is 0.194 e. The normalized spacial score (nSPS) is 23.0.